The highest BCUT2D eigenvalue weighted by atomic mass is 16.5. The van der Waals surface area contributed by atoms with Gasteiger partial charge in [0, 0.05) is 42.5 Å². The molecule has 1 aromatic carbocycles. The number of benzene rings is 1. The number of esters is 1. The maximum absolute atomic E-state index is 12.7. The average Bonchev–Trinajstić information content (AvgIpc) is 3.38. The molecule has 4 aromatic rings. The van der Waals surface area contributed by atoms with Gasteiger partial charge < -0.3 is 19.9 Å². The molecule has 0 atom stereocenters. The first-order valence-corrected chi connectivity index (χ1v) is 12.9. The molecular weight excluding hydrogens is 464 g/mol. The average molecular weight is 499 g/mol. The van der Waals surface area contributed by atoms with Crippen LogP contribution >= 0.6 is 0 Å². The summed E-state index contributed by atoms with van der Waals surface area (Å²) in [4.78, 5) is 32.0. The van der Waals surface area contributed by atoms with Crippen LogP contribution in [-0.2, 0) is 4.74 Å². The summed E-state index contributed by atoms with van der Waals surface area (Å²) in [6, 6.07) is 13.7. The third-order valence-electron chi connectivity index (χ3n) is 7.02. The van der Waals surface area contributed by atoms with E-state index >= 15 is 0 Å². The Bertz CT molecular complexity index is 1390. The van der Waals surface area contributed by atoms with Crippen LogP contribution < -0.4 is 5.32 Å². The highest BCUT2D eigenvalue weighted by Gasteiger charge is 2.37. The summed E-state index contributed by atoms with van der Waals surface area (Å²) in [5.41, 5.74) is 6.04. The summed E-state index contributed by atoms with van der Waals surface area (Å²) >= 11 is 0. The predicted molar refractivity (Wildman–Crippen MR) is 145 cm³/mol. The lowest BCUT2D eigenvalue weighted by atomic mass is 9.79. The van der Waals surface area contributed by atoms with Gasteiger partial charge in [-0.05, 0) is 69.1 Å². The fourth-order valence-electron chi connectivity index (χ4n) is 5.09. The molecule has 1 aliphatic heterocycles. The second kappa shape index (κ2) is 10.8. The van der Waals surface area contributed by atoms with Gasteiger partial charge in [0.1, 0.15) is 0 Å². The van der Waals surface area contributed by atoms with Crippen LogP contribution in [0.1, 0.15) is 35.8 Å². The molecule has 0 bridgehead atoms. The van der Waals surface area contributed by atoms with Gasteiger partial charge in [-0.3, -0.25) is 9.97 Å². The quantitative estimate of drug-likeness (QED) is 0.246. The highest BCUT2D eigenvalue weighted by Crippen LogP contribution is 2.33. The van der Waals surface area contributed by atoms with Crippen molar-refractivity contribution in [2.45, 2.75) is 26.7 Å². The molecule has 1 fully saturated rings. The predicted octanol–water partition coefficient (Wildman–Crippen LogP) is 4.47. The lowest BCUT2D eigenvalue weighted by Crippen LogP contribution is -2.55. The van der Waals surface area contributed by atoms with E-state index in [4.69, 9.17) is 4.74 Å². The number of hydrogen-bond donors (Lipinski definition) is 2. The van der Waals surface area contributed by atoms with Gasteiger partial charge in [0.05, 0.1) is 41.1 Å². The topological polar surface area (TPSA) is 96.0 Å². The first-order valence-electron chi connectivity index (χ1n) is 12.9. The number of imidazole rings is 1. The second-order valence-electron chi connectivity index (χ2n) is 10.3. The number of likely N-dealkylation sites (tertiary alicyclic amines) is 1. The molecule has 0 aliphatic carbocycles. The zero-order valence-corrected chi connectivity index (χ0v) is 21.8. The number of nitrogens with one attached hydrogen (secondary N) is 2. The lowest BCUT2D eigenvalue weighted by Gasteiger charge is -2.48. The molecular formula is C29H34N6O2. The van der Waals surface area contributed by atoms with E-state index in [1.54, 1.807) is 12.5 Å². The minimum atomic E-state index is -0.341. The van der Waals surface area contributed by atoms with Gasteiger partial charge in [0.2, 0.25) is 0 Å². The van der Waals surface area contributed by atoms with Crippen molar-refractivity contribution in [2.24, 2.45) is 5.41 Å². The molecule has 8 nitrogen and oxygen atoms in total. The first-order chi connectivity index (χ1) is 17.9. The van der Waals surface area contributed by atoms with Crippen molar-refractivity contribution in [1.29, 1.82) is 0 Å². The molecule has 0 spiro atoms. The molecule has 5 rings (SSSR count). The van der Waals surface area contributed by atoms with Crippen LogP contribution in [0.4, 0.5) is 0 Å². The number of hydrogen-bond acceptors (Lipinski definition) is 7. The molecule has 0 radical (unpaired) electrons. The number of H-pyrrole nitrogens is 1. The van der Waals surface area contributed by atoms with Crippen molar-refractivity contribution >= 4 is 16.9 Å². The molecule has 8 heteroatoms. The summed E-state index contributed by atoms with van der Waals surface area (Å²) in [5, 5.41) is 4.09. The Morgan fingerprint density at radius 2 is 2.05 bits per heavy atom. The monoisotopic (exact) mass is 498 g/mol. The zero-order chi connectivity index (χ0) is 25.8. The molecule has 0 unspecified atom stereocenters. The minimum absolute atomic E-state index is 0.341. The molecule has 192 valence electrons. The molecule has 37 heavy (non-hydrogen) atoms. The van der Waals surface area contributed by atoms with Gasteiger partial charge in [-0.15, -0.1) is 0 Å². The Hall–Kier alpha value is -3.62. The molecule has 1 saturated heterocycles. The van der Waals surface area contributed by atoms with Crippen molar-refractivity contribution in [2.75, 3.05) is 39.8 Å². The Labute approximate surface area is 217 Å². The van der Waals surface area contributed by atoms with E-state index in [0.29, 0.717) is 17.6 Å². The fourth-order valence-corrected chi connectivity index (χ4v) is 5.09. The maximum Gasteiger partial charge on any atom is 0.339 e. The number of nitrogens with zero attached hydrogens (tertiary/aromatic N) is 4. The second-order valence-corrected chi connectivity index (χ2v) is 10.3. The SMILES string of the molecule is CNCCC1(C)CN(CCCOC(=O)c2cnc3ccc(-c4nc[nH]c4-c4cccc(C)n4)cc3c2)C1. The normalized spacial score (nSPS) is 15.0. The van der Waals surface area contributed by atoms with E-state index in [0.717, 1.165) is 71.8 Å². The van der Waals surface area contributed by atoms with Gasteiger partial charge in [-0.1, -0.05) is 19.1 Å². The third kappa shape index (κ3) is 5.70. The van der Waals surface area contributed by atoms with Gasteiger partial charge in [0.25, 0.3) is 0 Å². The number of carbonyl (C=O) groups is 1. The number of aromatic amines is 1. The summed E-state index contributed by atoms with van der Waals surface area (Å²) in [5.74, 6) is -0.341. The number of carbonyl (C=O) groups excluding carboxylic acids is 1. The minimum Gasteiger partial charge on any atom is -0.462 e. The van der Waals surface area contributed by atoms with E-state index in [2.05, 4.69) is 37.1 Å². The molecule has 0 saturated carbocycles. The summed E-state index contributed by atoms with van der Waals surface area (Å²) in [7, 11) is 2.00. The summed E-state index contributed by atoms with van der Waals surface area (Å²) in [6.45, 7) is 8.93. The lowest BCUT2D eigenvalue weighted by molar-refractivity contribution is 0.00313. The number of fused-ring (bicyclic) bond motifs is 1. The van der Waals surface area contributed by atoms with E-state index in [-0.39, 0.29) is 5.97 Å². The van der Waals surface area contributed by atoms with Gasteiger partial charge in [-0.2, -0.15) is 0 Å². The van der Waals surface area contributed by atoms with E-state index in [1.165, 1.54) is 6.42 Å². The Morgan fingerprint density at radius 1 is 1.19 bits per heavy atom. The van der Waals surface area contributed by atoms with Crippen molar-refractivity contribution in [3.63, 3.8) is 0 Å². The fraction of sp³-hybridized carbons (Fsp3) is 0.379. The van der Waals surface area contributed by atoms with Crippen LogP contribution in [0.2, 0.25) is 0 Å². The smallest absolute Gasteiger partial charge is 0.339 e. The Morgan fingerprint density at radius 3 is 2.86 bits per heavy atom. The van der Waals surface area contributed by atoms with Crippen LogP contribution in [0, 0.1) is 12.3 Å². The van der Waals surface area contributed by atoms with Crippen molar-refractivity contribution in [1.82, 2.24) is 30.2 Å². The standard InChI is InChI=1S/C29H34N6O2/c1-20-6-4-7-25(34-20)27-26(32-19-33-27)21-8-9-24-22(14-21)15-23(16-31-24)28(36)37-13-5-12-35-17-29(2,18-35)10-11-30-3/h4,6-9,14-16,19,30H,5,10-13,17-18H2,1-3H3,(H,32,33). The first kappa shape index (κ1) is 25.0. The Kier molecular flexibility index (Phi) is 7.30. The highest BCUT2D eigenvalue weighted by molar-refractivity contribution is 5.95. The number of aromatic nitrogens is 4. The van der Waals surface area contributed by atoms with Crippen LogP contribution in [0.5, 0.6) is 0 Å². The summed E-state index contributed by atoms with van der Waals surface area (Å²) < 4.78 is 5.56. The molecule has 2 N–H and O–H groups in total. The largest absolute Gasteiger partial charge is 0.462 e. The molecule has 3 aromatic heterocycles. The molecule has 4 heterocycles. The third-order valence-corrected chi connectivity index (χ3v) is 7.02. The van der Waals surface area contributed by atoms with Crippen LogP contribution in [0.25, 0.3) is 33.5 Å². The number of aryl methyl sites for hydroxylation is 1. The van der Waals surface area contributed by atoms with Crippen LogP contribution in [0.3, 0.4) is 0 Å². The van der Waals surface area contributed by atoms with Crippen molar-refractivity contribution < 1.29 is 9.53 Å². The number of ether oxygens (including phenoxy) is 1. The Balaban J connectivity index is 1.21. The van der Waals surface area contributed by atoms with Crippen LogP contribution in [0.15, 0.2) is 55.0 Å². The van der Waals surface area contributed by atoms with Crippen LogP contribution in [-0.4, -0.2) is 70.6 Å². The van der Waals surface area contributed by atoms with Gasteiger partial charge in [0.15, 0.2) is 0 Å². The molecule has 1 aliphatic rings. The van der Waals surface area contributed by atoms with E-state index < -0.39 is 0 Å². The van der Waals surface area contributed by atoms with Crippen molar-refractivity contribution in [3.8, 4) is 22.6 Å². The van der Waals surface area contributed by atoms with Gasteiger partial charge in [-0.25, -0.2) is 9.78 Å². The van der Waals surface area contributed by atoms with Crippen molar-refractivity contribution in [3.05, 3.63) is 66.2 Å². The number of rotatable bonds is 10. The van der Waals surface area contributed by atoms with Gasteiger partial charge >= 0.3 is 5.97 Å². The zero-order valence-electron chi connectivity index (χ0n) is 21.8. The summed E-state index contributed by atoms with van der Waals surface area (Å²) in [6.07, 6.45) is 5.28. The van der Waals surface area contributed by atoms with E-state index in [1.807, 2.05) is 56.4 Å². The van der Waals surface area contributed by atoms with E-state index in [9.17, 15) is 4.79 Å². The number of pyridine rings is 2. The molecule has 0 amide bonds. The maximum atomic E-state index is 12.7.